The highest BCUT2D eigenvalue weighted by Gasteiger charge is 2.46. The number of alkyl halides is 1. The van der Waals surface area contributed by atoms with E-state index in [0.717, 1.165) is 0 Å². The number of rotatable bonds is 7. The molecule has 0 aliphatic carbocycles. The van der Waals surface area contributed by atoms with E-state index < -0.39 is 64.7 Å². The van der Waals surface area contributed by atoms with E-state index in [1.54, 1.807) is 0 Å². The van der Waals surface area contributed by atoms with Gasteiger partial charge in [0.1, 0.15) is 4.64 Å². The van der Waals surface area contributed by atoms with Crippen molar-refractivity contribution >= 4 is 35.7 Å². The minimum Gasteiger partial charge on any atom is -0.325 e. The molecule has 3 unspecified atom stereocenters. The van der Waals surface area contributed by atoms with Gasteiger partial charge in [-0.1, -0.05) is 12.2 Å². The molecule has 2 heterocycles. The lowest BCUT2D eigenvalue weighted by Crippen LogP contribution is -2.31. The van der Waals surface area contributed by atoms with Gasteiger partial charge < -0.3 is 24.3 Å². The zero-order valence-corrected chi connectivity index (χ0v) is 16.5. The average molecular weight is 490 g/mol. The molecular weight excluding hydrogens is 479 g/mol. The maximum atomic E-state index is 14.1. The van der Waals surface area contributed by atoms with E-state index in [2.05, 4.69) is 25.4 Å². The van der Waals surface area contributed by atoms with Crippen LogP contribution >= 0.6 is 35.7 Å². The molecule has 1 aliphatic rings. The van der Waals surface area contributed by atoms with Gasteiger partial charge in [-0.3, -0.25) is 14.1 Å². The van der Waals surface area contributed by atoms with Crippen molar-refractivity contribution < 1.29 is 59.9 Å². The lowest BCUT2D eigenvalue weighted by atomic mass is 10.3. The van der Waals surface area contributed by atoms with Gasteiger partial charge in [-0.25, -0.2) is 27.3 Å². The van der Waals surface area contributed by atoms with Gasteiger partial charge in [0, 0.05) is 6.42 Å². The summed E-state index contributed by atoms with van der Waals surface area (Å²) in [5, 5.41) is 0. The predicted octanol–water partition coefficient (Wildman–Crippen LogP) is 0.971. The average Bonchev–Trinajstić information content (AvgIpc) is 2.78. The Labute approximate surface area is 158 Å². The van der Waals surface area contributed by atoms with Crippen LogP contribution in [0.15, 0.2) is 11.0 Å². The van der Waals surface area contributed by atoms with E-state index in [0.29, 0.717) is 10.8 Å². The van der Waals surface area contributed by atoms with Gasteiger partial charge >= 0.3 is 29.2 Å². The SMILES string of the molecule is O=c1[nH]c(=S)c(F)cn1[C@@H]1O[C@H](OP(=O)(O)OP(=O)(O)OP(=O)(O)O)CC1F. The molecule has 28 heavy (non-hydrogen) atoms. The molecule has 0 amide bonds. The molecule has 1 aromatic rings. The fraction of sp³-hybridized carbons (Fsp3) is 0.500. The largest absolute Gasteiger partial charge is 0.490 e. The summed E-state index contributed by atoms with van der Waals surface area (Å²) >= 11 is 4.48. The van der Waals surface area contributed by atoms with Gasteiger partial charge in [0.2, 0.25) is 0 Å². The second-order valence-corrected chi connectivity index (χ2v) is 9.83. The van der Waals surface area contributed by atoms with Gasteiger partial charge in [-0.15, -0.1) is 0 Å². The second-order valence-electron chi connectivity index (χ2n) is 5.05. The summed E-state index contributed by atoms with van der Waals surface area (Å²) in [4.78, 5) is 48.9. The van der Waals surface area contributed by atoms with Crippen molar-refractivity contribution in [3.63, 3.8) is 0 Å². The lowest BCUT2D eigenvalue weighted by molar-refractivity contribution is -0.112. The summed E-state index contributed by atoms with van der Waals surface area (Å²) in [5.74, 6) is -1.10. The van der Waals surface area contributed by atoms with Crippen molar-refractivity contribution in [1.29, 1.82) is 0 Å². The quantitative estimate of drug-likeness (QED) is 0.267. The molecule has 0 radical (unpaired) electrons. The number of hydrogen-bond acceptors (Lipinski definition) is 9. The molecule has 0 saturated carbocycles. The Hall–Kier alpha value is -0.670. The first-order valence-corrected chi connectivity index (χ1v) is 11.6. The van der Waals surface area contributed by atoms with Crippen LogP contribution in [-0.2, 0) is 31.6 Å². The van der Waals surface area contributed by atoms with Gasteiger partial charge in [0.25, 0.3) is 0 Å². The van der Waals surface area contributed by atoms with Crippen LogP contribution in [0.1, 0.15) is 12.6 Å². The summed E-state index contributed by atoms with van der Waals surface area (Å²) in [7, 11) is -16.9. The topological polar surface area (TPSA) is 207 Å². The van der Waals surface area contributed by atoms with Crippen molar-refractivity contribution in [3.05, 3.63) is 27.1 Å². The molecule has 1 aliphatic heterocycles. The van der Waals surface area contributed by atoms with Gasteiger partial charge in [-0.2, -0.15) is 8.62 Å². The number of halogens is 2. The fourth-order valence-corrected chi connectivity index (χ4v) is 5.23. The Morgan fingerprint density at radius 2 is 1.82 bits per heavy atom. The Kier molecular flexibility index (Phi) is 6.93. The number of phosphoric acid groups is 3. The molecule has 5 atom stereocenters. The van der Waals surface area contributed by atoms with E-state index in [1.165, 1.54) is 0 Å². The highest BCUT2D eigenvalue weighted by Crippen LogP contribution is 2.66. The number of aromatic nitrogens is 2. The minimum absolute atomic E-state index is 0.413. The normalized spacial score (nSPS) is 27.3. The Morgan fingerprint density at radius 1 is 1.21 bits per heavy atom. The number of H-pyrrole nitrogens is 1. The number of nitrogens with one attached hydrogen (secondary N) is 1. The van der Waals surface area contributed by atoms with E-state index >= 15 is 0 Å². The van der Waals surface area contributed by atoms with E-state index in [1.807, 2.05) is 4.98 Å². The first-order chi connectivity index (χ1) is 12.6. The Balaban J connectivity index is 2.12. The molecular formula is C8H11F2N2O12P3S. The van der Waals surface area contributed by atoms with Crippen molar-refractivity contribution in [1.82, 2.24) is 9.55 Å². The van der Waals surface area contributed by atoms with Gasteiger partial charge in [0.05, 0.1) is 6.20 Å². The Morgan fingerprint density at radius 3 is 2.39 bits per heavy atom. The third-order valence-corrected chi connectivity index (χ3v) is 7.01. The highest BCUT2D eigenvalue weighted by atomic mass is 32.1. The molecule has 0 aromatic carbocycles. The zero-order valence-electron chi connectivity index (χ0n) is 13.0. The molecule has 1 saturated heterocycles. The number of hydrogen-bond donors (Lipinski definition) is 5. The third kappa shape index (κ3) is 6.42. The van der Waals surface area contributed by atoms with E-state index in [-0.39, 0.29) is 0 Å². The zero-order chi connectivity index (χ0) is 21.5. The van der Waals surface area contributed by atoms with E-state index in [9.17, 15) is 32.2 Å². The predicted molar refractivity (Wildman–Crippen MR) is 84.2 cm³/mol. The highest BCUT2D eigenvalue weighted by molar-refractivity contribution is 7.71. The summed E-state index contributed by atoms with van der Waals surface area (Å²) in [6.07, 6.45) is -6.13. The maximum Gasteiger partial charge on any atom is 0.490 e. The summed E-state index contributed by atoms with van der Waals surface area (Å²) in [6.45, 7) is 0. The second kappa shape index (κ2) is 8.22. The van der Waals surface area contributed by atoms with E-state index in [4.69, 9.17) is 19.4 Å². The summed E-state index contributed by atoms with van der Waals surface area (Å²) in [6, 6.07) is 0. The monoisotopic (exact) mass is 490 g/mol. The molecule has 20 heteroatoms. The third-order valence-electron chi connectivity index (χ3n) is 2.88. The Bertz CT molecular complexity index is 1010. The van der Waals surface area contributed by atoms with Crippen LogP contribution in [0, 0.1) is 10.5 Å². The molecule has 0 bridgehead atoms. The number of aromatic amines is 1. The van der Waals surface area contributed by atoms with Crippen LogP contribution < -0.4 is 5.69 Å². The summed E-state index contributed by atoms with van der Waals surface area (Å²) in [5.41, 5.74) is -1.07. The molecule has 14 nitrogen and oxygen atoms in total. The van der Waals surface area contributed by atoms with Crippen LogP contribution in [0.25, 0.3) is 0 Å². The number of phosphoric ester groups is 1. The van der Waals surface area contributed by atoms with Gasteiger partial charge in [-0.05, 0) is 0 Å². The van der Waals surface area contributed by atoms with Gasteiger partial charge in [0.15, 0.2) is 24.5 Å². The first-order valence-electron chi connectivity index (χ1n) is 6.71. The molecule has 1 aromatic heterocycles. The molecule has 2 rings (SSSR count). The lowest BCUT2D eigenvalue weighted by Gasteiger charge is -2.19. The molecule has 160 valence electrons. The van der Waals surface area contributed by atoms with Crippen LogP contribution in [0.4, 0.5) is 8.78 Å². The smallest absolute Gasteiger partial charge is 0.325 e. The van der Waals surface area contributed by atoms with Crippen molar-refractivity contribution in [2.75, 3.05) is 0 Å². The van der Waals surface area contributed by atoms with Crippen molar-refractivity contribution in [2.45, 2.75) is 25.1 Å². The molecule has 0 spiro atoms. The first kappa shape index (κ1) is 23.6. The number of ether oxygens (including phenoxy) is 1. The van der Waals surface area contributed by atoms with Crippen molar-refractivity contribution in [3.8, 4) is 0 Å². The number of nitrogens with zero attached hydrogens (tertiary/aromatic N) is 1. The standard InChI is InChI=1S/C8H11F2N2O12P3S/c9-3-1-5(21-7(3)12-2-4(10)6(28)11-8(12)13)22-26(17,18)24-27(19,20)23-25(14,15)16/h2-3,5,7H,1H2,(H,17,18)(H,19,20)(H,11,13,28)(H2,14,15,16)/t3?,5-,7-/m1/s1. The molecule has 5 N–H and O–H groups in total. The van der Waals surface area contributed by atoms with Crippen LogP contribution in [0.3, 0.4) is 0 Å². The minimum atomic E-state index is -5.77. The summed E-state index contributed by atoms with van der Waals surface area (Å²) < 4.78 is 77.0. The van der Waals surface area contributed by atoms with Crippen molar-refractivity contribution in [2.24, 2.45) is 0 Å². The molecule has 1 fully saturated rings. The fourth-order valence-electron chi connectivity index (χ4n) is 2.00. The van der Waals surface area contributed by atoms with Crippen LogP contribution in [-0.4, -0.2) is 41.6 Å². The van der Waals surface area contributed by atoms with Crippen LogP contribution in [0.5, 0.6) is 0 Å². The van der Waals surface area contributed by atoms with Crippen LogP contribution in [0.2, 0.25) is 0 Å². The maximum absolute atomic E-state index is 14.1.